The Morgan fingerprint density at radius 3 is 2.95 bits per heavy atom. The normalized spacial score (nSPS) is 21.7. The minimum atomic E-state index is -0.508. The van der Waals surface area contributed by atoms with Gasteiger partial charge in [-0.3, -0.25) is 0 Å². The third kappa shape index (κ3) is 3.22. The second-order valence-corrected chi connectivity index (χ2v) is 5.69. The molecule has 1 saturated carbocycles. The first-order valence-electron chi connectivity index (χ1n) is 6.71. The highest BCUT2D eigenvalue weighted by molar-refractivity contribution is 5.85. The molecule has 0 spiro atoms. The highest BCUT2D eigenvalue weighted by Gasteiger charge is 2.32. The third-order valence-electron chi connectivity index (χ3n) is 3.85. The van der Waals surface area contributed by atoms with Crippen LogP contribution < -0.4 is 5.32 Å². The van der Waals surface area contributed by atoms with Crippen LogP contribution in [0.5, 0.6) is 0 Å². The second-order valence-electron chi connectivity index (χ2n) is 5.69. The number of methoxy groups -OCH3 is 1. The fourth-order valence-corrected chi connectivity index (χ4v) is 2.57. The van der Waals surface area contributed by atoms with E-state index in [4.69, 9.17) is 0 Å². The van der Waals surface area contributed by atoms with Crippen LogP contribution >= 0.6 is 0 Å². The predicted molar refractivity (Wildman–Crippen MR) is 73.0 cm³/mol. The summed E-state index contributed by atoms with van der Waals surface area (Å²) in [7, 11) is 1.33. The molecule has 1 aromatic rings. The van der Waals surface area contributed by atoms with E-state index in [9.17, 15) is 4.79 Å². The molecule has 1 heterocycles. The van der Waals surface area contributed by atoms with Crippen molar-refractivity contribution in [3.05, 3.63) is 18.1 Å². The lowest BCUT2D eigenvalue weighted by Crippen LogP contribution is -2.39. The summed E-state index contributed by atoms with van der Waals surface area (Å²) in [5.74, 6) is 0.281. The molecule has 1 N–H and O–H groups in total. The Labute approximate surface area is 113 Å². The summed E-state index contributed by atoms with van der Waals surface area (Å²) in [6.07, 6.45) is 6.43. The number of nitrogens with zero attached hydrogens (tertiary/aromatic N) is 2. The van der Waals surface area contributed by atoms with Crippen LogP contribution in [0.15, 0.2) is 12.3 Å². The number of hydrogen-bond acceptors (Lipinski definition) is 5. The maximum atomic E-state index is 11.4. The molecule has 1 aliphatic carbocycles. The molecule has 1 unspecified atom stereocenters. The summed E-state index contributed by atoms with van der Waals surface area (Å²) in [5, 5.41) is 3.43. The summed E-state index contributed by atoms with van der Waals surface area (Å²) >= 11 is 0. The van der Waals surface area contributed by atoms with Crippen LogP contribution in [-0.4, -0.2) is 29.1 Å². The fourth-order valence-electron chi connectivity index (χ4n) is 2.57. The molecule has 1 fully saturated rings. The second kappa shape index (κ2) is 5.55. The van der Waals surface area contributed by atoms with E-state index >= 15 is 0 Å². The van der Waals surface area contributed by atoms with Gasteiger partial charge in [0.1, 0.15) is 5.82 Å². The topological polar surface area (TPSA) is 64.1 Å². The first kappa shape index (κ1) is 13.8. The van der Waals surface area contributed by atoms with Crippen LogP contribution in [0.4, 0.5) is 5.82 Å². The number of aromatic nitrogens is 2. The number of carbonyl (C=O) groups excluding carboxylic acids is 1. The van der Waals surface area contributed by atoms with E-state index in [0.717, 1.165) is 6.42 Å². The van der Waals surface area contributed by atoms with Crippen LogP contribution in [-0.2, 0) is 4.74 Å². The van der Waals surface area contributed by atoms with Crippen molar-refractivity contribution < 1.29 is 9.53 Å². The quantitative estimate of drug-likeness (QED) is 0.849. The van der Waals surface area contributed by atoms with Gasteiger partial charge in [0.25, 0.3) is 0 Å². The molecule has 1 atom stereocenters. The monoisotopic (exact) mass is 263 g/mol. The number of esters is 1. The van der Waals surface area contributed by atoms with Gasteiger partial charge >= 0.3 is 5.97 Å². The molecule has 1 aromatic heterocycles. The van der Waals surface area contributed by atoms with Crippen LogP contribution in [0, 0.1) is 5.41 Å². The van der Waals surface area contributed by atoms with E-state index in [0.29, 0.717) is 11.9 Å². The Morgan fingerprint density at radius 1 is 1.47 bits per heavy atom. The predicted octanol–water partition coefficient (Wildman–Crippen LogP) is 2.64. The number of anilines is 1. The van der Waals surface area contributed by atoms with Gasteiger partial charge in [-0.15, -0.1) is 0 Å². The van der Waals surface area contributed by atoms with Crippen molar-refractivity contribution in [2.24, 2.45) is 5.41 Å². The number of carbonyl (C=O) groups is 1. The average Bonchev–Trinajstić information content (AvgIpc) is 2.40. The Morgan fingerprint density at radius 2 is 2.26 bits per heavy atom. The van der Waals surface area contributed by atoms with Crippen LogP contribution in [0.3, 0.4) is 0 Å². The van der Waals surface area contributed by atoms with E-state index in [1.807, 2.05) is 0 Å². The van der Waals surface area contributed by atoms with Crippen molar-refractivity contribution in [1.29, 1.82) is 0 Å². The summed E-state index contributed by atoms with van der Waals surface area (Å²) in [6, 6.07) is 2.17. The fraction of sp³-hybridized carbons (Fsp3) is 0.643. The molecular formula is C14H21N3O2. The lowest BCUT2D eigenvalue weighted by Gasteiger charge is -2.39. The molecule has 0 aromatic carbocycles. The Hall–Kier alpha value is -1.65. The zero-order valence-corrected chi connectivity index (χ0v) is 11.8. The molecule has 0 bridgehead atoms. The number of nitrogens with one attached hydrogen (secondary N) is 1. The summed E-state index contributed by atoms with van der Waals surface area (Å²) in [6.45, 7) is 4.54. The van der Waals surface area contributed by atoms with Gasteiger partial charge in [-0.1, -0.05) is 26.7 Å². The largest absolute Gasteiger partial charge is 0.463 e. The minimum Gasteiger partial charge on any atom is -0.463 e. The zero-order valence-electron chi connectivity index (χ0n) is 11.8. The van der Waals surface area contributed by atoms with Gasteiger partial charge in [0.05, 0.1) is 7.11 Å². The van der Waals surface area contributed by atoms with Gasteiger partial charge in [-0.2, -0.15) is 0 Å². The van der Waals surface area contributed by atoms with Gasteiger partial charge in [0.2, 0.25) is 5.82 Å². The number of hydrogen-bond donors (Lipinski definition) is 1. The van der Waals surface area contributed by atoms with E-state index in [2.05, 4.69) is 33.9 Å². The molecule has 0 radical (unpaired) electrons. The third-order valence-corrected chi connectivity index (χ3v) is 3.85. The molecular weight excluding hydrogens is 242 g/mol. The van der Waals surface area contributed by atoms with Gasteiger partial charge < -0.3 is 10.1 Å². The highest BCUT2D eigenvalue weighted by Crippen LogP contribution is 2.36. The van der Waals surface area contributed by atoms with Crippen molar-refractivity contribution >= 4 is 11.8 Å². The molecule has 0 saturated heterocycles. The Balaban J connectivity index is 2.12. The van der Waals surface area contributed by atoms with Gasteiger partial charge in [-0.05, 0) is 24.3 Å². The van der Waals surface area contributed by atoms with E-state index in [-0.39, 0.29) is 11.2 Å². The molecule has 5 nitrogen and oxygen atoms in total. The Bertz CT molecular complexity index is 460. The lowest BCUT2D eigenvalue weighted by molar-refractivity contribution is 0.0587. The van der Waals surface area contributed by atoms with Crippen molar-refractivity contribution in [1.82, 2.24) is 9.97 Å². The lowest BCUT2D eigenvalue weighted by atomic mass is 9.73. The van der Waals surface area contributed by atoms with Crippen LogP contribution in [0.1, 0.15) is 50.1 Å². The minimum absolute atomic E-state index is 0.0983. The van der Waals surface area contributed by atoms with E-state index < -0.39 is 5.97 Å². The smallest absolute Gasteiger partial charge is 0.376 e. The van der Waals surface area contributed by atoms with E-state index in [1.165, 1.54) is 26.4 Å². The highest BCUT2D eigenvalue weighted by atomic mass is 16.5. The average molecular weight is 263 g/mol. The maximum absolute atomic E-state index is 11.4. The molecule has 0 aliphatic heterocycles. The molecule has 0 amide bonds. The maximum Gasteiger partial charge on any atom is 0.376 e. The molecule has 2 rings (SSSR count). The van der Waals surface area contributed by atoms with Crippen molar-refractivity contribution in [3.63, 3.8) is 0 Å². The zero-order chi connectivity index (χ0) is 13.9. The van der Waals surface area contributed by atoms with Gasteiger partial charge in [-0.25, -0.2) is 14.8 Å². The van der Waals surface area contributed by atoms with Crippen molar-refractivity contribution in [3.8, 4) is 0 Å². The first-order valence-corrected chi connectivity index (χ1v) is 6.71. The Kier molecular flexibility index (Phi) is 4.02. The van der Waals surface area contributed by atoms with Crippen LogP contribution in [0.25, 0.3) is 0 Å². The molecule has 19 heavy (non-hydrogen) atoms. The standard InChI is InChI=1S/C14H21N3O2/c1-14(2)8-5-4-6-10(14)16-11-7-9-15-12(17-11)13(18)19-3/h7,9-10H,4-6,8H2,1-3H3,(H,15,16,17). The summed E-state index contributed by atoms with van der Waals surface area (Å²) < 4.78 is 4.63. The summed E-state index contributed by atoms with van der Waals surface area (Å²) in [4.78, 5) is 19.5. The van der Waals surface area contributed by atoms with Crippen molar-refractivity contribution in [2.45, 2.75) is 45.6 Å². The molecule has 5 heteroatoms. The van der Waals surface area contributed by atoms with Gasteiger partial charge in [0, 0.05) is 12.2 Å². The first-order chi connectivity index (χ1) is 9.03. The van der Waals surface area contributed by atoms with Crippen molar-refractivity contribution in [2.75, 3.05) is 12.4 Å². The van der Waals surface area contributed by atoms with E-state index in [1.54, 1.807) is 12.3 Å². The number of rotatable bonds is 3. The van der Waals surface area contributed by atoms with Crippen LogP contribution in [0.2, 0.25) is 0 Å². The molecule has 104 valence electrons. The number of ether oxygens (including phenoxy) is 1. The SMILES string of the molecule is COC(=O)c1nccc(NC2CCCCC2(C)C)n1. The van der Waals surface area contributed by atoms with Gasteiger partial charge in [0.15, 0.2) is 0 Å². The molecule has 1 aliphatic rings. The summed E-state index contributed by atoms with van der Waals surface area (Å²) in [5.41, 5.74) is 0.245.